The van der Waals surface area contributed by atoms with Crippen LogP contribution in [0.15, 0.2) is 22.7 Å². The van der Waals surface area contributed by atoms with Crippen molar-refractivity contribution >= 4 is 45.3 Å². The number of thioether (sulfide) groups is 1. The van der Waals surface area contributed by atoms with E-state index in [4.69, 9.17) is 5.11 Å². The summed E-state index contributed by atoms with van der Waals surface area (Å²) in [6.45, 7) is 1.93. The van der Waals surface area contributed by atoms with Crippen LogP contribution in [0.25, 0.3) is 0 Å². The maximum atomic E-state index is 12.3. The number of amides is 1. The summed E-state index contributed by atoms with van der Waals surface area (Å²) in [7, 11) is 0. The molecule has 1 aromatic carbocycles. The smallest absolute Gasteiger partial charge is 0.335 e. The van der Waals surface area contributed by atoms with Crippen molar-refractivity contribution in [2.75, 3.05) is 11.1 Å². The number of carboxylic acid groups (broad SMARTS) is 1. The molecular formula is C13H14BrNO3S. The summed E-state index contributed by atoms with van der Waals surface area (Å²) in [5.74, 6) is -0.0945. The highest BCUT2D eigenvalue weighted by Gasteiger charge is 2.37. The Balaban J connectivity index is 2.20. The van der Waals surface area contributed by atoms with Crippen LogP contribution < -0.4 is 5.32 Å². The predicted octanol–water partition coefficient (Wildman–Crippen LogP) is 3.37. The van der Waals surface area contributed by atoms with Gasteiger partial charge in [0.2, 0.25) is 5.91 Å². The first kappa shape index (κ1) is 14.4. The molecule has 2 rings (SSSR count). The Bertz CT molecular complexity index is 527. The number of carboxylic acids is 1. The molecule has 6 heteroatoms. The van der Waals surface area contributed by atoms with E-state index in [-0.39, 0.29) is 11.5 Å². The Morgan fingerprint density at radius 2 is 2.21 bits per heavy atom. The van der Waals surface area contributed by atoms with E-state index >= 15 is 0 Å². The number of hydrogen-bond donors (Lipinski definition) is 2. The Morgan fingerprint density at radius 3 is 2.79 bits per heavy atom. The number of anilines is 1. The Hall–Kier alpha value is -1.01. The number of carbonyl (C=O) groups is 2. The van der Waals surface area contributed by atoms with E-state index in [1.807, 2.05) is 6.92 Å². The predicted molar refractivity (Wildman–Crippen MR) is 79.8 cm³/mol. The maximum Gasteiger partial charge on any atom is 0.335 e. The quantitative estimate of drug-likeness (QED) is 0.882. The van der Waals surface area contributed by atoms with Crippen molar-refractivity contribution in [1.82, 2.24) is 0 Å². The van der Waals surface area contributed by atoms with Crippen LogP contribution in [0.2, 0.25) is 0 Å². The third kappa shape index (κ3) is 3.12. The number of aromatic carboxylic acids is 1. The van der Waals surface area contributed by atoms with Gasteiger partial charge >= 0.3 is 5.97 Å². The summed E-state index contributed by atoms with van der Waals surface area (Å²) >= 11 is 4.96. The Kier molecular flexibility index (Phi) is 4.20. The summed E-state index contributed by atoms with van der Waals surface area (Å²) in [5.41, 5.74) is 0.654. The molecule has 0 saturated carbocycles. The highest BCUT2D eigenvalue weighted by molar-refractivity contribution is 9.10. The lowest BCUT2D eigenvalue weighted by molar-refractivity contribution is -0.118. The van der Waals surface area contributed by atoms with Crippen LogP contribution in [0.1, 0.15) is 30.1 Å². The summed E-state index contributed by atoms with van der Waals surface area (Å²) in [6.07, 6.45) is 1.88. The fourth-order valence-corrected chi connectivity index (χ4v) is 3.52. The van der Waals surface area contributed by atoms with E-state index in [2.05, 4.69) is 21.2 Å². The van der Waals surface area contributed by atoms with Gasteiger partial charge in [-0.2, -0.15) is 0 Å². The van der Waals surface area contributed by atoms with Crippen molar-refractivity contribution in [3.05, 3.63) is 28.2 Å². The Morgan fingerprint density at radius 1 is 1.47 bits per heavy atom. The van der Waals surface area contributed by atoms with Crippen LogP contribution in [-0.4, -0.2) is 27.5 Å². The standard InChI is InChI=1S/C13H14BrNO3S/c1-13(5-2-6-19-13)12(18)15-10-7-8(11(16)17)3-4-9(10)14/h3-4,7H,2,5-6H2,1H3,(H,15,18)(H,16,17). The highest BCUT2D eigenvalue weighted by Crippen LogP contribution is 2.39. The third-order valence-corrected chi connectivity index (χ3v) is 5.37. The fourth-order valence-electron chi connectivity index (χ4n) is 1.97. The molecule has 1 unspecified atom stereocenters. The average Bonchev–Trinajstić information content (AvgIpc) is 2.80. The van der Waals surface area contributed by atoms with E-state index in [0.29, 0.717) is 10.2 Å². The average molecular weight is 344 g/mol. The van der Waals surface area contributed by atoms with Crippen molar-refractivity contribution < 1.29 is 14.7 Å². The van der Waals surface area contributed by atoms with Crippen LogP contribution in [0.4, 0.5) is 5.69 Å². The normalized spacial score (nSPS) is 22.2. The molecule has 1 fully saturated rings. The van der Waals surface area contributed by atoms with Crippen molar-refractivity contribution in [1.29, 1.82) is 0 Å². The second-order valence-electron chi connectivity index (χ2n) is 4.64. The van der Waals surface area contributed by atoms with Crippen LogP contribution in [-0.2, 0) is 4.79 Å². The van der Waals surface area contributed by atoms with Gasteiger partial charge < -0.3 is 10.4 Å². The van der Waals surface area contributed by atoms with Crippen LogP contribution in [0, 0.1) is 0 Å². The number of halogens is 1. The molecule has 19 heavy (non-hydrogen) atoms. The molecule has 0 spiro atoms. The van der Waals surface area contributed by atoms with Crippen molar-refractivity contribution in [2.24, 2.45) is 0 Å². The second-order valence-corrected chi connectivity index (χ2v) is 7.09. The molecular weight excluding hydrogens is 330 g/mol. The highest BCUT2D eigenvalue weighted by atomic mass is 79.9. The molecule has 4 nitrogen and oxygen atoms in total. The molecule has 1 aromatic rings. The van der Waals surface area contributed by atoms with Gasteiger partial charge in [-0.3, -0.25) is 4.79 Å². The van der Waals surface area contributed by atoms with Gasteiger partial charge in [0.05, 0.1) is 16.0 Å². The van der Waals surface area contributed by atoms with Gasteiger partial charge in [0.1, 0.15) is 0 Å². The molecule has 1 saturated heterocycles. The van der Waals surface area contributed by atoms with Crippen molar-refractivity contribution in [3.63, 3.8) is 0 Å². The zero-order chi connectivity index (χ0) is 14.0. The molecule has 2 N–H and O–H groups in total. The van der Waals surface area contributed by atoms with Gasteiger partial charge in [-0.05, 0) is 59.6 Å². The molecule has 1 heterocycles. The number of hydrogen-bond acceptors (Lipinski definition) is 3. The summed E-state index contributed by atoms with van der Waals surface area (Å²) < 4.78 is 0.260. The molecule has 0 radical (unpaired) electrons. The molecule has 0 aliphatic carbocycles. The number of rotatable bonds is 3. The number of nitrogens with one attached hydrogen (secondary N) is 1. The molecule has 102 valence electrons. The van der Waals surface area contributed by atoms with Crippen LogP contribution >= 0.6 is 27.7 Å². The molecule has 0 aromatic heterocycles. The zero-order valence-corrected chi connectivity index (χ0v) is 12.8. The molecule has 1 amide bonds. The molecule has 1 atom stereocenters. The van der Waals surface area contributed by atoms with Crippen LogP contribution in [0.3, 0.4) is 0 Å². The minimum atomic E-state index is -1.01. The van der Waals surface area contributed by atoms with E-state index < -0.39 is 10.7 Å². The largest absolute Gasteiger partial charge is 0.478 e. The topological polar surface area (TPSA) is 66.4 Å². The lowest BCUT2D eigenvalue weighted by Gasteiger charge is -2.22. The summed E-state index contributed by atoms with van der Waals surface area (Å²) in [6, 6.07) is 4.59. The second kappa shape index (κ2) is 5.54. The number of benzene rings is 1. The summed E-state index contributed by atoms with van der Waals surface area (Å²) in [4.78, 5) is 23.2. The Labute approximate surface area is 124 Å². The lowest BCUT2D eigenvalue weighted by atomic mass is 10.0. The zero-order valence-electron chi connectivity index (χ0n) is 10.4. The van der Waals surface area contributed by atoms with Crippen LogP contribution in [0.5, 0.6) is 0 Å². The van der Waals surface area contributed by atoms with Crippen molar-refractivity contribution in [3.8, 4) is 0 Å². The molecule has 1 aliphatic heterocycles. The van der Waals surface area contributed by atoms with E-state index in [1.165, 1.54) is 12.1 Å². The first-order valence-corrected chi connectivity index (χ1v) is 7.68. The van der Waals surface area contributed by atoms with Gasteiger partial charge in [-0.15, -0.1) is 11.8 Å². The maximum absolute atomic E-state index is 12.3. The van der Waals surface area contributed by atoms with E-state index in [0.717, 1.165) is 18.6 Å². The molecule has 0 bridgehead atoms. The summed E-state index contributed by atoms with van der Waals surface area (Å²) in [5, 5.41) is 11.8. The monoisotopic (exact) mass is 343 g/mol. The van der Waals surface area contributed by atoms with E-state index in [1.54, 1.807) is 17.8 Å². The number of carbonyl (C=O) groups excluding carboxylic acids is 1. The van der Waals surface area contributed by atoms with Gasteiger partial charge in [0.15, 0.2) is 0 Å². The lowest BCUT2D eigenvalue weighted by Crippen LogP contribution is -2.34. The van der Waals surface area contributed by atoms with E-state index in [9.17, 15) is 9.59 Å². The minimum Gasteiger partial charge on any atom is -0.478 e. The van der Waals surface area contributed by atoms with Gasteiger partial charge in [-0.25, -0.2) is 4.79 Å². The minimum absolute atomic E-state index is 0.0711. The van der Waals surface area contributed by atoms with Crippen molar-refractivity contribution in [2.45, 2.75) is 24.5 Å². The SMILES string of the molecule is CC1(C(=O)Nc2cc(C(=O)O)ccc2Br)CCCS1. The first-order valence-electron chi connectivity index (χ1n) is 5.91. The molecule has 1 aliphatic rings. The van der Waals surface area contributed by atoms with Gasteiger partial charge in [0.25, 0.3) is 0 Å². The van der Waals surface area contributed by atoms with Gasteiger partial charge in [0, 0.05) is 4.47 Å². The first-order chi connectivity index (χ1) is 8.92. The van der Waals surface area contributed by atoms with Gasteiger partial charge in [-0.1, -0.05) is 0 Å². The fraction of sp³-hybridized carbons (Fsp3) is 0.385. The third-order valence-electron chi connectivity index (χ3n) is 3.16.